The number of fused-ring (bicyclic) bond motifs is 13. The Bertz CT molecular complexity index is 2710. The van der Waals surface area contributed by atoms with E-state index in [1.165, 1.54) is 71.9 Å². The smallest absolute Gasteiger partial charge is 0.108 e. The predicted octanol–water partition coefficient (Wildman–Crippen LogP) is 11.3. The summed E-state index contributed by atoms with van der Waals surface area (Å²) in [5.74, 6) is 0.0728. The number of hydrogen-bond donors (Lipinski definition) is 0. The van der Waals surface area contributed by atoms with Crippen LogP contribution >= 0.6 is 0 Å². The molecule has 0 N–H and O–H groups in total. The normalized spacial score (nSPS) is 20.8. The van der Waals surface area contributed by atoms with E-state index in [9.17, 15) is 0 Å². The summed E-state index contributed by atoms with van der Waals surface area (Å²) in [4.78, 5) is 10.3. The molecule has 0 bridgehead atoms. The third-order valence-corrected chi connectivity index (χ3v) is 11.8. The first-order valence-electron chi connectivity index (χ1n) is 17.8. The lowest BCUT2D eigenvalue weighted by atomic mass is 9.64. The Balaban J connectivity index is 1.26. The SMILES string of the molecule is CC12N=CC=CC1C1(c3ccccc3-c3cc4c5ccccc5n(-c5cc(-c6ccccc6)cc(-c6ccccc6)c5)c4cc31)c1cccnc12. The summed E-state index contributed by atoms with van der Waals surface area (Å²) >= 11 is 0. The number of benzene rings is 6. The number of nitrogens with zero attached hydrogens (tertiary/aromatic N) is 3. The van der Waals surface area contributed by atoms with Gasteiger partial charge in [-0.1, -0.05) is 115 Å². The predicted molar refractivity (Wildman–Crippen MR) is 210 cm³/mol. The Hall–Kier alpha value is -6.32. The second kappa shape index (κ2) is 10.3. The Morgan fingerprint density at radius 3 is 2.02 bits per heavy atom. The lowest BCUT2D eigenvalue weighted by Crippen LogP contribution is -2.39. The van der Waals surface area contributed by atoms with Gasteiger partial charge in [-0.3, -0.25) is 9.98 Å². The van der Waals surface area contributed by atoms with Crippen molar-refractivity contribution in [2.45, 2.75) is 17.9 Å². The summed E-state index contributed by atoms with van der Waals surface area (Å²) in [5, 5.41) is 2.51. The summed E-state index contributed by atoms with van der Waals surface area (Å²) < 4.78 is 2.49. The van der Waals surface area contributed by atoms with E-state index in [0.717, 1.165) is 11.4 Å². The summed E-state index contributed by atoms with van der Waals surface area (Å²) in [6.07, 6.45) is 8.41. The fourth-order valence-electron chi connectivity index (χ4n) is 9.70. The minimum atomic E-state index is -0.476. The van der Waals surface area contributed by atoms with Gasteiger partial charge in [0.25, 0.3) is 0 Å². The van der Waals surface area contributed by atoms with E-state index in [0.29, 0.717) is 0 Å². The number of para-hydroxylation sites is 1. The molecule has 51 heavy (non-hydrogen) atoms. The summed E-state index contributed by atoms with van der Waals surface area (Å²) in [7, 11) is 0. The molecule has 0 radical (unpaired) electrons. The Labute approximate surface area is 296 Å². The third-order valence-electron chi connectivity index (χ3n) is 11.8. The van der Waals surface area contributed by atoms with Crippen molar-refractivity contribution < 1.29 is 0 Å². The highest BCUT2D eigenvalue weighted by Crippen LogP contribution is 2.66. The molecule has 3 unspecified atom stereocenters. The molecule has 2 aliphatic carbocycles. The van der Waals surface area contributed by atoms with Gasteiger partial charge in [0.15, 0.2) is 0 Å². The number of aliphatic imine (C=N–C) groups is 1. The standard InChI is InChI=1S/C48H33N3/c1-47-45(23-13-25-50-47)48(41-21-12-24-49-46(41)47)40-20-10-8-18-36(40)38-29-39-37-19-9-11-22-43(37)51(44(39)30-42(38)48)35-27-33(31-14-4-2-5-15-31)26-34(28-35)32-16-6-3-7-17-32/h2-30,45H,1H3. The molecule has 0 fully saturated rings. The monoisotopic (exact) mass is 651 g/mol. The summed E-state index contributed by atoms with van der Waals surface area (Å²) in [6, 6.07) is 55.8. The van der Waals surface area contributed by atoms with Crippen molar-refractivity contribution in [1.82, 2.24) is 9.55 Å². The van der Waals surface area contributed by atoms with Gasteiger partial charge in [0, 0.05) is 34.8 Å². The quantitative estimate of drug-likeness (QED) is 0.187. The van der Waals surface area contributed by atoms with Gasteiger partial charge in [-0.15, -0.1) is 0 Å². The highest BCUT2D eigenvalue weighted by atomic mass is 15.0. The highest BCUT2D eigenvalue weighted by Gasteiger charge is 2.63. The zero-order chi connectivity index (χ0) is 33.7. The molecule has 6 aromatic carbocycles. The van der Waals surface area contributed by atoms with Gasteiger partial charge in [-0.25, -0.2) is 0 Å². The van der Waals surface area contributed by atoms with Crippen LogP contribution in [0.15, 0.2) is 175 Å². The lowest BCUT2D eigenvalue weighted by molar-refractivity contribution is 0.321. The van der Waals surface area contributed by atoms with Crippen LogP contribution in [0.5, 0.6) is 0 Å². The number of pyridine rings is 1. The van der Waals surface area contributed by atoms with Gasteiger partial charge in [-0.05, 0) is 106 Å². The molecule has 3 aliphatic rings. The first-order valence-corrected chi connectivity index (χ1v) is 17.8. The molecule has 240 valence electrons. The van der Waals surface area contributed by atoms with E-state index in [1.807, 2.05) is 12.4 Å². The molecule has 0 amide bonds. The first kappa shape index (κ1) is 28.5. The average Bonchev–Trinajstić information content (AvgIpc) is 3.76. The van der Waals surface area contributed by atoms with Crippen LogP contribution in [0, 0.1) is 5.92 Å². The fraction of sp³-hybridized carbons (Fsp3) is 0.0833. The molecular weight excluding hydrogens is 619 g/mol. The summed E-state index contributed by atoms with van der Waals surface area (Å²) in [5.41, 5.74) is 15.0. The Morgan fingerprint density at radius 1 is 0.549 bits per heavy atom. The number of allylic oxidation sites excluding steroid dienone is 1. The zero-order valence-electron chi connectivity index (χ0n) is 28.2. The van der Waals surface area contributed by atoms with Crippen molar-refractivity contribution >= 4 is 28.0 Å². The number of dihydropyridines is 1. The van der Waals surface area contributed by atoms with E-state index < -0.39 is 11.0 Å². The van der Waals surface area contributed by atoms with E-state index in [-0.39, 0.29) is 5.92 Å². The molecule has 1 aliphatic heterocycles. The molecule has 1 spiro atoms. The van der Waals surface area contributed by atoms with Crippen LogP contribution in [-0.2, 0) is 11.0 Å². The van der Waals surface area contributed by atoms with Crippen molar-refractivity contribution in [3.8, 4) is 39.1 Å². The number of aromatic nitrogens is 2. The van der Waals surface area contributed by atoms with E-state index >= 15 is 0 Å². The van der Waals surface area contributed by atoms with Gasteiger partial charge in [0.05, 0.1) is 22.1 Å². The van der Waals surface area contributed by atoms with Crippen LogP contribution < -0.4 is 0 Å². The van der Waals surface area contributed by atoms with Gasteiger partial charge in [0.2, 0.25) is 0 Å². The molecule has 0 saturated heterocycles. The van der Waals surface area contributed by atoms with Crippen LogP contribution in [0.1, 0.15) is 29.3 Å². The van der Waals surface area contributed by atoms with Crippen molar-refractivity contribution in [3.05, 3.63) is 192 Å². The molecule has 11 rings (SSSR count). The maximum Gasteiger partial charge on any atom is 0.108 e. The molecule has 3 atom stereocenters. The van der Waals surface area contributed by atoms with Crippen LogP contribution in [0.2, 0.25) is 0 Å². The minimum absolute atomic E-state index is 0.0728. The molecule has 3 heteroatoms. The molecule has 2 aromatic heterocycles. The van der Waals surface area contributed by atoms with Crippen LogP contribution in [-0.4, -0.2) is 15.8 Å². The number of rotatable bonds is 3. The first-order chi connectivity index (χ1) is 25.2. The molecule has 0 saturated carbocycles. The Kier molecular flexibility index (Phi) is 5.79. The van der Waals surface area contributed by atoms with E-state index in [4.69, 9.17) is 9.98 Å². The van der Waals surface area contributed by atoms with Crippen molar-refractivity contribution in [1.29, 1.82) is 0 Å². The van der Waals surface area contributed by atoms with Gasteiger partial charge in [-0.2, -0.15) is 0 Å². The molecule has 3 heterocycles. The average molecular weight is 652 g/mol. The molecular formula is C48H33N3. The maximum absolute atomic E-state index is 5.19. The maximum atomic E-state index is 5.19. The molecule has 3 nitrogen and oxygen atoms in total. The van der Waals surface area contributed by atoms with Crippen LogP contribution in [0.4, 0.5) is 0 Å². The highest BCUT2D eigenvalue weighted by molar-refractivity contribution is 6.12. The third kappa shape index (κ3) is 3.73. The minimum Gasteiger partial charge on any atom is -0.309 e. The van der Waals surface area contributed by atoms with Crippen molar-refractivity contribution in [3.63, 3.8) is 0 Å². The Morgan fingerprint density at radius 2 is 1.24 bits per heavy atom. The van der Waals surface area contributed by atoms with Gasteiger partial charge < -0.3 is 4.57 Å². The van der Waals surface area contributed by atoms with Crippen molar-refractivity contribution in [2.24, 2.45) is 10.9 Å². The van der Waals surface area contributed by atoms with E-state index in [2.05, 4.69) is 175 Å². The van der Waals surface area contributed by atoms with Gasteiger partial charge >= 0.3 is 0 Å². The van der Waals surface area contributed by atoms with Crippen LogP contribution in [0.25, 0.3) is 60.9 Å². The van der Waals surface area contributed by atoms with Crippen molar-refractivity contribution in [2.75, 3.05) is 0 Å². The second-order valence-electron chi connectivity index (χ2n) is 14.3. The second-order valence-corrected chi connectivity index (χ2v) is 14.3. The largest absolute Gasteiger partial charge is 0.309 e. The van der Waals surface area contributed by atoms with Gasteiger partial charge in [0.1, 0.15) is 5.54 Å². The summed E-state index contributed by atoms with van der Waals surface area (Å²) in [6.45, 7) is 2.27. The molecule has 8 aromatic rings. The topological polar surface area (TPSA) is 30.2 Å². The fourth-order valence-corrected chi connectivity index (χ4v) is 9.70. The number of hydrogen-bond acceptors (Lipinski definition) is 2. The lowest BCUT2D eigenvalue weighted by Gasteiger charge is -2.39. The van der Waals surface area contributed by atoms with Crippen LogP contribution in [0.3, 0.4) is 0 Å². The van der Waals surface area contributed by atoms with E-state index in [1.54, 1.807) is 0 Å². The zero-order valence-corrected chi connectivity index (χ0v) is 28.2.